The third-order valence-corrected chi connectivity index (χ3v) is 2.30. The molecule has 1 N–H and O–H groups in total. The fourth-order valence-electron chi connectivity index (χ4n) is 1.31. The molecule has 0 aliphatic rings. The van der Waals surface area contributed by atoms with E-state index in [0.717, 1.165) is 6.08 Å². The molecule has 0 saturated heterocycles. The van der Waals surface area contributed by atoms with E-state index < -0.39 is 5.97 Å². The van der Waals surface area contributed by atoms with E-state index in [-0.39, 0.29) is 6.10 Å². The maximum Gasteiger partial charge on any atom is 0.328 e. The fourth-order valence-corrected chi connectivity index (χ4v) is 1.31. The molecule has 0 aliphatic heterocycles. The van der Waals surface area contributed by atoms with Gasteiger partial charge < -0.3 is 14.7 Å². The molecule has 0 aliphatic carbocycles. The Morgan fingerprint density at radius 3 is 2.63 bits per heavy atom. The largest absolute Gasteiger partial charge is 0.478 e. The second-order valence-corrected chi connectivity index (χ2v) is 4.33. The number of rotatable bonds is 7. The lowest BCUT2D eigenvalue weighted by atomic mass is 10.3. The molecule has 0 spiro atoms. The molecular formula is C13H19N3O3. The SMILES string of the molecule is CC(C)OCCN(C)c1ncc(/C=C/C(=O)O)cn1. The van der Waals surface area contributed by atoms with Gasteiger partial charge in [-0.2, -0.15) is 0 Å². The molecule has 0 bridgehead atoms. The van der Waals surface area contributed by atoms with Crippen LogP contribution in [0.15, 0.2) is 18.5 Å². The van der Waals surface area contributed by atoms with Crippen LogP contribution in [0.4, 0.5) is 5.95 Å². The van der Waals surface area contributed by atoms with Gasteiger partial charge in [0.15, 0.2) is 0 Å². The zero-order valence-electron chi connectivity index (χ0n) is 11.4. The minimum absolute atomic E-state index is 0.206. The number of aromatic nitrogens is 2. The minimum atomic E-state index is -0.993. The first-order chi connectivity index (χ1) is 8.99. The normalized spacial score (nSPS) is 11.2. The van der Waals surface area contributed by atoms with Gasteiger partial charge in [-0.1, -0.05) is 0 Å². The van der Waals surface area contributed by atoms with Gasteiger partial charge in [0, 0.05) is 37.6 Å². The van der Waals surface area contributed by atoms with Crippen molar-refractivity contribution in [2.75, 3.05) is 25.1 Å². The van der Waals surface area contributed by atoms with Crippen molar-refractivity contribution < 1.29 is 14.6 Å². The van der Waals surface area contributed by atoms with Gasteiger partial charge >= 0.3 is 5.97 Å². The number of carbonyl (C=O) groups is 1. The van der Waals surface area contributed by atoms with E-state index in [0.29, 0.717) is 24.7 Å². The Balaban J connectivity index is 2.53. The lowest BCUT2D eigenvalue weighted by molar-refractivity contribution is -0.131. The number of anilines is 1. The summed E-state index contributed by atoms with van der Waals surface area (Å²) in [6, 6.07) is 0. The number of carboxylic acids is 1. The van der Waals surface area contributed by atoms with E-state index in [1.807, 2.05) is 25.8 Å². The Morgan fingerprint density at radius 2 is 2.11 bits per heavy atom. The van der Waals surface area contributed by atoms with Gasteiger partial charge in [0.25, 0.3) is 0 Å². The van der Waals surface area contributed by atoms with Gasteiger partial charge in [0.05, 0.1) is 12.7 Å². The number of nitrogens with zero attached hydrogens (tertiary/aromatic N) is 3. The summed E-state index contributed by atoms with van der Waals surface area (Å²) in [7, 11) is 1.88. The van der Waals surface area contributed by atoms with Crippen molar-refractivity contribution in [1.82, 2.24) is 9.97 Å². The van der Waals surface area contributed by atoms with Crippen molar-refractivity contribution >= 4 is 18.0 Å². The lowest BCUT2D eigenvalue weighted by Crippen LogP contribution is -2.25. The average molecular weight is 265 g/mol. The van der Waals surface area contributed by atoms with Crippen LogP contribution >= 0.6 is 0 Å². The molecule has 0 unspecified atom stereocenters. The molecule has 6 nitrogen and oxygen atoms in total. The van der Waals surface area contributed by atoms with Crippen LogP contribution in [0, 0.1) is 0 Å². The molecule has 1 rings (SSSR count). The summed E-state index contributed by atoms with van der Waals surface area (Å²) in [6.07, 6.45) is 5.88. The quantitative estimate of drug-likeness (QED) is 0.752. The predicted molar refractivity (Wildman–Crippen MR) is 73.1 cm³/mol. The van der Waals surface area contributed by atoms with Crippen LogP contribution < -0.4 is 4.90 Å². The third kappa shape index (κ3) is 5.96. The molecule has 1 aromatic heterocycles. The molecule has 0 radical (unpaired) electrons. The lowest BCUT2D eigenvalue weighted by Gasteiger charge is -2.17. The highest BCUT2D eigenvalue weighted by molar-refractivity contribution is 5.85. The van der Waals surface area contributed by atoms with Crippen molar-refractivity contribution in [2.45, 2.75) is 20.0 Å². The third-order valence-electron chi connectivity index (χ3n) is 2.30. The van der Waals surface area contributed by atoms with Crippen molar-refractivity contribution in [3.63, 3.8) is 0 Å². The fraction of sp³-hybridized carbons (Fsp3) is 0.462. The smallest absolute Gasteiger partial charge is 0.328 e. The van der Waals surface area contributed by atoms with Crippen molar-refractivity contribution in [2.24, 2.45) is 0 Å². The molecule has 104 valence electrons. The van der Waals surface area contributed by atoms with Gasteiger partial charge in [0.2, 0.25) is 5.95 Å². The van der Waals surface area contributed by atoms with E-state index >= 15 is 0 Å². The van der Waals surface area contributed by atoms with Gasteiger partial charge in [-0.05, 0) is 19.9 Å². The molecule has 0 saturated carbocycles. The number of aliphatic carboxylic acids is 1. The first-order valence-electron chi connectivity index (χ1n) is 6.05. The monoisotopic (exact) mass is 265 g/mol. The summed E-state index contributed by atoms with van der Waals surface area (Å²) in [5, 5.41) is 8.51. The predicted octanol–water partition coefficient (Wildman–Crippen LogP) is 1.44. The van der Waals surface area contributed by atoms with Crippen LogP contribution in [0.5, 0.6) is 0 Å². The topological polar surface area (TPSA) is 75.5 Å². The molecule has 1 aromatic rings. The number of carboxylic acid groups (broad SMARTS) is 1. The minimum Gasteiger partial charge on any atom is -0.478 e. The Bertz CT molecular complexity index is 429. The standard InChI is InChI=1S/C13H19N3O3/c1-10(2)19-7-6-16(3)13-14-8-11(9-15-13)4-5-12(17)18/h4-5,8-10H,6-7H2,1-3H3,(H,17,18)/b5-4+. The number of ether oxygens (including phenoxy) is 1. The van der Waals surface area contributed by atoms with Gasteiger partial charge in [0.1, 0.15) is 0 Å². The molecule has 0 fully saturated rings. The van der Waals surface area contributed by atoms with Crippen LogP contribution in [0.25, 0.3) is 6.08 Å². The molecule has 0 aromatic carbocycles. The zero-order chi connectivity index (χ0) is 14.3. The summed E-state index contributed by atoms with van der Waals surface area (Å²) < 4.78 is 5.45. The van der Waals surface area contributed by atoms with Crippen molar-refractivity contribution in [3.8, 4) is 0 Å². The van der Waals surface area contributed by atoms with Crippen LogP contribution in [0.1, 0.15) is 19.4 Å². The second kappa shape index (κ2) is 7.48. The van der Waals surface area contributed by atoms with Gasteiger partial charge in [-0.3, -0.25) is 0 Å². The molecule has 0 amide bonds. The molecular weight excluding hydrogens is 246 g/mol. The van der Waals surface area contributed by atoms with Crippen LogP contribution in [0.3, 0.4) is 0 Å². The summed E-state index contributed by atoms with van der Waals surface area (Å²) >= 11 is 0. The average Bonchev–Trinajstić information content (AvgIpc) is 2.36. The van der Waals surface area contributed by atoms with Crippen molar-refractivity contribution in [1.29, 1.82) is 0 Å². The molecule has 1 heterocycles. The van der Waals surface area contributed by atoms with Gasteiger partial charge in [-0.15, -0.1) is 0 Å². The second-order valence-electron chi connectivity index (χ2n) is 4.33. The van der Waals surface area contributed by atoms with Crippen LogP contribution in [0.2, 0.25) is 0 Å². The molecule has 19 heavy (non-hydrogen) atoms. The van der Waals surface area contributed by atoms with E-state index in [1.165, 1.54) is 6.08 Å². The Kier molecular flexibility index (Phi) is 5.95. The van der Waals surface area contributed by atoms with E-state index in [9.17, 15) is 4.79 Å². The molecule has 6 heteroatoms. The van der Waals surface area contributed by atoms with Crippen molar-refractivity contribution in [3.05, 3.63) is 24.0 Å². The highest BCUT2D eigenvalue weighted by atomic mass is 16.5. The number of hydrogen-bond donors (Lipinski definition) is 1. The summed E-state index contributed by atoms with van der Waals surface area (Å²) in [5.74, 6) is -0.410. The van der Waals surface area contributed by atoms with Crippen LogP contribution in [-0.2, 0) is 9.53 Å². The Hall–Kier alpha value is -1.95. The van der Waals surface area contributed by atoms with Crippen LogP contribution in [-0.4, -0.2) is 47.3 Å². The number of hydrogen-bond acceptors (Lipinski definition) is 5. The molecule has 0 atom stereocenters. The summed E-state index contributed by atoms with van der Waals surface area (Å²) in [6.45, 7) is 5.28. The number of likely N-dealkylation sites (N-methyl/N-ethyl adjacent to an activating group) is 1. The van der Waals surface area contributed by atoms with E-state index in [4.69, 9.17) is 9.84 Å². The summed E-state index contributed by atoms with van der Waals surface area (Å²) in [5.41, 5.74) is 0.651. The maximum atomic E-state index is 10.4. The first-order valence-corrected chi connectivity index (χ1v) is 6.05. The highest BCUT2D eigenvalue weighted by Crippen LogP contribution is 2.06. The first kappa shape index (κ1) is 15.1. The van der Waals surface area contributed by atoms with E-state index in [1.54, 1.807) is 12.4 Å². The Morgan fingerprint density at radius 1 is 1.47 bits per heavy atom. The Labute approximate surface area is 112 Å². The van der Waals surface area contributed by atoms with E-state index in [2.05, 4.69) is 9.97 Å². The maximum absolute atomic E-state index is 10.4. The summed E-state index contributed by atoms with van der Waals surface area (Å²) in [4.78, 5) is 20.6. The highest BCUT2D eigenvalue weighted by Gasteiger charge is 2.04. The zero-order valence-corrected chi connectivity index (χ0v) is 11.4. The van der Waals surface area contributed by atoms with Gasteiger partial charge in [-0.25, -0.2) is 14.8 Å².